The number of hydrazone groups is 1. The second-order valence-electron chi connectivity index (χ2n) is 11.4. The number of fused-ring (bicyclic) bond motifs is 2. The third kappa shape index (κ3) is 3.79. The molecular weight excluding hydrogens is 458 g/mol. The summed E-state index contributed by atoms with van der Waals surface area (Å²) < 4.78 is 5.56. The van der Waals surface area contributed by atoms with Gasteiger partial charge in [0, 0.05) is 10.9 Å². The minimum atomic E-state index is -0.285. The highest BCUT2D eigenvalue weighted by atomic mass is 16.5. The number of pyridine rings is 1. The van der Waals surface area contributed by atoms with Crippen LogP contribution in [0.5, 0.6) is 5.75 Å². The maximum atomic E-state index is 13.4. The largest absolute Gasteiger partial charge is 0.496 e. The van der Waals surface area contributed by atoms with Gasteiger partial charge in [0.15, 0.2) is 0 Å². The van der Waals surface area contributed by atoms with Gasteiger partial charge in [-0.2, -0.15) is 5.10 Å². The molecule has 5 nitrogen and oxygen atoms in total. The maximum Gasteiger partial charge on any atom is 0.289 e. The predicted molar refractivity (Wildman–Crippen MR) is 147 cm³/mol. The van der Waals surface area contributed by atoms with Crippen LogP contribution in [-0.4, -0.2) is 24.2 Å². The third-order valence-corrected chi connectivity index (χ3v) is 9.07. The van der Waals surface area contributed by atoms with Gasteiger partial charge in [0.25, 0.3) is 5.91 Å². The van der Waals surface area contributed by atoms with Crippen molar-refractivity contribution in [2.24, 2.45) is 22.9 Å². The molecule has 0 atom stereocenters. The fourth-order valence-corrected chi connectivity index (χ4v) is 7.97. The van der Waals surface area contributed by atoms with Crippen LogP contribution in [0.2, 0.25) is 0 Å². The summed E-state index contributed by atoms with van der Waals surface area (Å²) in [7, 11) is 1.64. The minimum Gasteiger partial charge on any atom is -0.496 e. The van der Waals surface area contributed by atoms with Crippen LogP contribution >= 0.6 is 0 Å². The van der Waals surface area contributed by atoms with Crippen LogP contribution in [0.15, 0.2) is 71.8 Å². The van der Waals surface area contributed by atoms with Crippen molar-refractivity contribution in [3.05, 3.63) is 83.6 Å². The molecule has 4 bridgehead atoms. The molecule has 3 aromatic carbocycles. The molecule has 37 heavy (non-hydrogen) atoms. The van der Waals surface area contributed by atoms with Crippen LogP contribution in [0.1, 0.15) is 60.1 Å². The SMILES string of the molecule is COc1ccc2ccccc2c1/C=N/NC(=O)c1cc(C23CC4CC(CC(C4)C2)C3)c2ccccc2n1. The molecule has 1 amide bonds. The zero-order valence-corrected chi connectivity index (χ0v) is 21.1. The lowest BCUT2D eigenvalue weighted by Crippen LogP contribution is -2.48. The Bertz CT molecular complexity index is 1520. The van der Waals surface area contributed by atoms with Gasteiger partial charge in [0.1, 0.15) is 11.4 Å². The Morgan fingerprint density at radius 2 is 1.62 bits per heavy atom. The van der Waals surface area contributed by atoms with Crippen LogP contribution in [-0.2, 0) is 5.41 Å². The van der Waals surface area contributed by atoms with Gasteiger partial charge in [-0.15, -0.1) is 0 Å². The van der Waals surface area contributed by atoms with Crippen LogP contribution in [0, 0.1) is 17.8 Å². The van der Waals surface area contributed by atoms with Gasteiger partial charge in [-0.25, -0.2) is 10.4 Å². The Hall–Kier alpha value is -3.73. The molecule has 5 heteroatoms. The molecule has 4 aliphatic carbocycles. The van der Waals surface area contributed by atoms with Crippen molar-refractivity contribution >= 4 is 33.8 Å². The van der Waals surface area contributed by atoms with E-state index in [2.05, 4.69) is 34.8 Å². The number of hydrogen-bond donors (Lipinski definition) is 1. The van der Waals surface area contributed by atoms with Crippen molar-refractivity contribution in [3.63, 3.8) is 0 Å². The molecule has 186 valence electrons. The Labute approximate surface area is 216 Å². The van der Waals surface area contributed by atoms with Crippen LogP contribution in [0.25, 0.3) is 21.7 Å². The van der Waals surface area contributed by atoms with Gasteiger partial charge in [0.05, 0.1) is 18.8 Å². The highest BCUT2D eigenvalue weighted by molar-refractivity contribution is 6.03. The van der Waals surface area contributed by atoms with Gasteiger partial charge in [-0.05, 0) is 96.2 Å². The summed E-state index contributed by atoms with van der Waals surface area (Å²) in [4.78, 5) is 18.1. The molecule has 0 aliphatic heterocycles. The van der Waals surface area contributed by atoms with Crippen LogP contribution < -0.4 is 10.2 Å². The van der Waals surface area contributed by atoms with Crippen molar-refractivity contribution in [3.8, 4) is 5.75 Å². The fourth-order valence-electron chi connectivity index (χ4n) is 7.97. The molecule has 4 aromatic rings. The summed E-state index contributed by atoms with van der Waals surface area (Å²) in [5, 5.41) is 7.64. The summed E-state index contributed by atoms with van der Waals surface area (Å²) in [5.74, 6) is 2.92. The topological polar surface area (TPSA) is 63.6 Å². The molecule has 4 saturated carbocycles. The number of nitrogens with one attached hydrogen (secondary N) is 1. The Kier molecular flexibility index (Phi) is 5.27. The number of carbonyl (C=O) groups is 1. The lowest BCUT2D eigenvalue weighted by molar-refractivity contribution is -0.00453. The van der Waals surface area contributed by atoms with E-state index in [1.165, 1.54) is 49.5 Å². The Balaban J connectivity index is 1.23. The van der Waals surface area contributed by atoms with Gasteiger partial charge in [-0.3, -0.25) is 4.79 Å². The normalized spacial score (nSPS) is 26.2. The summed E-state index contributed by atoms with van der Waals surface area (Å²) in [6.45, 7) is 0. The number of benzene rings is 3. The predicted octanol–water partition coefficient (Wildman–Crippen LogP) is 6.63. The summed E-state index contributed by atoms with van der Waals surface area (Å²) in [6, 6.07) is 22.4. The number of ether oxygens (including phenoxy) is 1. The molecular formula is C32H31N3O2. The van der Waals surface area contributed by atoms with Crippen molar-refractivity contribution in [2.75, 3.05) is 7.11 Å². The number of hydrogen-bond acceptors (Lipinski definition) is 4. The molecule has 0 unspecified atom stereocenters. The second-order valence-corrected chi connectivity index (χ2v) is 11.4. The van der Waals surface area contributed by atoms with Gasteiger partial charge < -0.3 is 4.74 Å². The number of amides is 1. The summed E-state index contributed by atoms with van der Waals surface area (Å²) in [6.07, 6.45) is 9.57. The second kappa shape index (κ2) is 8.69. The minimum absolute atomic E-state index is 0.173. The number of nitrogens with zero attached hydrogens (tertiary/aromatic N) is 2. The van der Waals surface area contributed by atoms with E-state index in [4.69, 9.17) is 9.72 Å². The quantitative estimate of drug-likeness (QED) is 0.253. The standard InChI is InChI=1S/C32H31N3O2/c1-37-30-11-10-23-6-2-3-7-24(23)26(30)19-33-35-31(36)29-15-27(25-8-4-5-9-28(25)34-29)32-16-20-12-21(17-32)14-22(13-20)18-32/h2-11,15,19-22H,12-14,16-18H2,1H3,(H,35,36)/b33-19+. The first-order valence-electron chi connectivity index (χ1n) is 13.4. The lowest BCUT2D eigenvalue weighted by Gasteiger charge is -2.57. The highest BCUT2D eigenvalue weighted by Crippen LogP contribution is 2.61. The third-order valence-electron chi connectivity index (χ3n) is 9.07. The van der Waals surface area contributed by atoms with Crippen molar-refractivity contribution in [2.45, 2.75) is 43.9 Å². The van der Waals surface area contributed by atoms with E-state index in [9.17, 15) is 4.79 Å². The Morgan fingerprint density at radius 1 is 0.946 bits per heavy atom. The monoisotopic (exact) mass is 489 g/mol. The zero-order valence-electron chi connectivity index (χ0n) is 21.1. The lowest BCUT2D eigenvalue weighted by atomic mass is 9.48. The van der Waals surface area contributed by atoms with E-state index < -0.39 is 0 Å². The first-order valence-corrected chi connectivity index (χ1v) is 13.4. The van der Waals surface area contributed by atoms with Gasteiger partial charge in [-0.1, -0.05) is 48.5 Å². The fraction of sp³-hybridized carbons (Fsp3) is 0.344. The average Bonchev–Trinajstić information content (AvgIpc) is 2.91. The van der Waals surface area contributed by atoms with E-state index in [0.717, 1.165) is 39.6 Å². The molecule has 0 saturated heterocycles. The van der Waals surface area contributed by atoms with Crippen LogP contribution in [0.4, 0.5) is 0 Å². The molecule has 1 aromatic heterocycles. The number of rotatable bonds is 5. The van der Waals surface area contributed by atoms with E-state index in [0.29, 0.717) is 11.4 Å². The van der Waals surface area contributed by atoms with Crippen molar-refractivity contribution in [1.29, 1.82) is 0 Å². The zero-order chi connectivity index (χ0) is 25.0. The van der Waals surface area contributed by atoms with Gasteiger partial charge in [0.2, 0.25) is 0 Å². The van der Waals surface area contributed by atoms with E-state index in [1.54, 1.807) is 13.3 Å². The van der Waals surface area contributed by atoms with E-state index in [-0.39, 0.29) is 11.3 Å². The summed E-state index contributed by atoms with van der Waals surface area (Å²) in [5.41, 5.74) is 6.40. The smallest absolute Gasteiger partial charge is 0.289 e. The maximum absolute atomic E-state index is 13.4. The molecule has 8 rings (SSSR count). The van der Waals surface area contributed by atoms with Crippen molar-refractivity contribution < 1.29 is 9.53 Å². The molecule has 0 radical (unpaired) electrons. The molecule has 4 aliphatic rings. The summed E-state index contributed by atoms with van der Waals surface area (Å²) >= 11 is 0. The molecule has 1 N–H and O–H groups in total. The first kappa shape index (κ1) is 22.5. The molecule has 1 heterocycles. The molecule has 4 fully saturated rings. The van der Waals surface area contributed by atoms with Crippen LogP contribution in [0.3, 0.4) is 0 Å². The Morgan fingerprint density at radius 3 is 2.35 bits per heavy atom. The number of methoxy groups -OCH3 is 1. The van der Waals surface area contributed by atoms with E-state index >= 15 is 0 Å². The number of para-hydroxylation sites is 1. The van der Waals surface area contributed by atoms with Gasteiger partial charge >= 0.3 is 0 Å². The average molecular weight is 490 g/mol. The van der Waals surface area contributed by atoms with E-state index in [1.807, 2.05) is 42.5 Å². The number of aromatic nitrogens is 1. The highest BCUT2D eigenvalue weighted by Gasteiger charge is 2.52. The first-order chi connectivity index (χ1) is 18.1. The number of carbonyl (C=O) groups excluding carboxylic acids is 1. The molecule has 0 spiro atoms. The van der Waals surface area contributed by atoms with Crippen molar-refractivity contribution in [1.82, 2.24) is 10.4 Å².